The molecule has 0 saturated heterocycles. The Kier molecular flexibility index (Phi) is 7.41. The van der Waals surface area contributed by atoms with E-state index in [-0.39, 0.29) is 12.4 Å². The minimum atomic E-state index is -0.0607. The highest BCUT2D eigenvalue weighted by molar-refractivity contribution is 9.11. The largest absolute Gasteiger partial charge is 0.483 e. The van der Waals surface area contributed by atoms with Gasteiger partial charge in [0.15, 0.2) is 12.4 Å². The molecule has 26 heavy (non-hydrogen) atoms. The lowest BCUT2D eigenvalue weighted by molar-refractivity contribution is 0.0920. The number of carbonyl (C=O) groups excluding carboxylic acids is 1. The van der Waals surface area contributed by atoms with Crippen molar-refractivity contribution < 1.29 is 9.53 Å². The number of para-hydroxylation sites is 1. The van der Waals surface area contributed by atoms with E-state index in [1.54, 1.807) is 6.34 Å². The van der Waals surface area contributed by atoms with Gasteiger partial charge in [-0.15, -0.1) is 0 Å². The number of aryl methyl sites for hydroxylation is 2. The van der Waals surface area contributed by atoms with Crippen molar-refractivity contribution in [1.82, 2.24) is 4.90 Å². The maximum absolute atomic E-state index is 12.6. The fourth-order valence-electron chi connectivity index (χ4n) is 2.32. The van der Waals surface area contributed by atoms with E-state index in [9.17, 15) is 4.79 Å². The SMILES string of the molecule is CCN(C)C=Nc1cc(C)c(C(=O)COc2c(Br)cccc2Br)cc1C. The minimum Gasteiger partial charge on any atom is -0.483 e. The molecular formula is C20H22Br2N2O2. The Morgan fingerprint density at radius 2 is 1.85 bits per heavy atom. The molecule has 0 heterocycles. The average molecular weight is 482 g/mol. The summed E-state index contributed by atoms with van der Waals surface area (Å²) in [6.45, 7) is 6.81. The number of hydrogen-bond donors (Lipinski definition) is 0. The fraction of sp³-hybridized carbons (Fsp3) is 0.300. The average Bonchev–Trinajstić information content (AvgIpc) is 2.61. The van der Waals surface area contributed by atoms with Crippen molar-refractivity contribution in [3.8, 4) is 5.75 Å². The van der Waals surface area contributed by atoms with E-state index in [2.05, 4.69) is 43.8 Å². The molecule has 0 radical (unpaired) electrons. The maximum atomic E-state index is 12.6. The Bertz CT molecular complexity index is 815. The van der Waals surface area contributed by atoms with Crippen LogP contribution in [0.25, 0.3) is 0 Å². The van der Waals surface area contributed by atoms with Gasteiger partial charge in [0.05, 0.1) is 21.0 Å². The van der Waals surface area contributed by atoms with Crippen molar-refractivity contribution >= 4 is 49.7 Å². The maximum Gasteiger partial charge on any atom is 0.200 e. The first-order valence-corrected chi connectivity index (χ1v) is 9.87. The molecule has 4 nitrogen and oxygen atoms in total. The predicted octanol–water partition coefficient (Wildman–Crippen LogP) is 5.70. The standard InChI is InChI=1S/C20H22Br2N2O2/c1-5-24(4)12-23-18-10-13(2)15(9-14(18)3)19(25)11-26-20-16(21)7-6-8-17(20)22/h6-10,12H,5,11H2,1-4H3. The molecule has 0 N–H and O–H groups in total. The number of hydrogen-bond acceptors (Lipinski definition) is 3. The van der Waals surface area contributed by atoms with E-state index in [0.717, 1.165) is 32.3 Å². The highest BCUT2D eigenvalue weighted by Gasteiger charge is 2.14. The second kappa shape index (κ2) is 9.33. The summed E-state index contributed by atoms with van der Waals surface area (Å²) in [6.07, 6.45) is 1.80. The summed E-state index contributed by atoms with van der Waals surface area (Å²) in [7, 11) is 1.97. The van der Waals surface area contributed by atoms with Crippen LogP contribution in [0.2, 0.25) is 0 Å². The predicted molar refractivity (Wildman–Crippen MR) is 114 cm³/mol. The van der Waals surface area contributed by atoms with Crippen LogP contribution in [0.4, 0.5) is 5.69 Å². The zero-order valence-corrected chi connectivity index (χ0v) is 18.5. The molecule has 2 aromatic rings. The Balaban J connectivity index is 2.17. The molecule has 0 aliphatic rings. The van der Waals surface area contributed by atoms with Gasteiger partial charge >= 0.3 is 0 Å². The molecular weight excluding hydrogens is 460 g/mol. The van der Waals surface area contributed by atoms with Crippen LogP contribution in [0.5, 0.6) is 5.75 Å². The Labute approximate surface area is 171 Å². The first-order chi connectivity index (χ1) is 12.3. The molecule has 0 aromatic heterocycles. The number of rotatable bonds is 7. The van der Waals surface area contributed by atoms with Crippen molar-refractivity contribution in [3.63, 3.8) is 0 Å². The van der Waals surface area contributed by atoms with E-state index in [0.29, 0.717) is 11.3 Å². The lowest BCUT2D eigenvalue weighted by Gasteiger charge is -2.13. The smallest absolute Gasteiger partial charge is 0.200 e. The highest BCUT2D eigenvalue weighted by atomic mass is 79.9. The first-order valence-electron chi connectivity index (χ1n) is 8.29. The molecule has 0 atom stereocenters. The highest BCUT2D eigenvalue weighted by Crippen LogP contribution is 2.33. The molecule has 0 saturated carbocycles. The van der Waals surface area contributed by atoms with Crippen LogP contribution in [0.15, 0.2) is 44.3 Å². The monoisotopic (exact) mass is 480 g/mol. The number of halogens is 2. The second-order valence-electron chi connectivity index (χ2n) is 6.03. The van der Waals surface area contributed by atoms with Crippen molar-refractivity contribution in [3.05, 3.63) is 56.0 Å². The van der Waals surface area contributed by atoms with Gasteiger partial charge in [0.25, 0.3) is 0 Å². The van der Waals surface area contributed by atoms with Crippen molar-refractivity contribution in [1.29, 1.82) is 0 Å². The van der Waals surface area contributed by atoms with Crippen LogP contribution in [0.1, 0.15) is 28.4 Å². The normalized spacial score (nSPS) is 11.0. The van der Waals surface area contributed by atoms with Crippen LogP contribution in [-0.4, -0.2) is 37.2 Å². The molecule has 6 heteroatoms. The van der Waals surface area contributed by atoms with Crippen molar-refractivity contribution in [2.45, 2.75) is 20.8 Å². The molecule has 0 unspecified atom stereocenters. The Morgan fingerprint density at radius 3 is 2.46 bits per heavy atom. The van der Waals surface area contributed by atoms with Crippen LogP contribution >= 0.6 is 31.9 Å². The summed E-state index contributed by atoms with van der Waals surface area (Å²) in [5.74, 6) is 0.563. The Hall–Kier alpha value is -1.66. The van der Waals surface area contributed by atoms with Gasteiger partial charge in [-0.1, -0.05) is 6.07 Å². The lowest BCUT2D eigenvalue weighted by atomic mass is 10.0. The molecule has 0 amide bonds. The molecule has 0 bridgehead atoms. The van der Waals surface area contributed by atoms with Gasteiger partial charge in [0, 0.05) is 19.2 Å². The third-order valence-electron chi connectivity index (χ3n) is 4.00. The third-order valence-corrected chi connectivity index (χ3v) is 5.25. The number of ketones is 1. The van der Waals surface area contributed by atoms with Gasteiger partial charge in [-0.25, -0.2) is 4.99 Å². The summed E-state index contributed by atoms with van der Waals surface area (Å²) in [6, 6.07) is 9.47. The van der Waals surface area contributed by atoms with Gasteiger partial charge in [-0.05, 0) is 88.0 Å². The quantitative estimate of drug-likeness (QED) is 0.289. The van der Waals surface area contributed by atoms with Gasteiger partial charge in [0.1, 0.15) is 5.75 Å². The summed E-state index contributed by atoms with van der Waals surface area (Å²) in [5.41, 5.74) is 3.38. The second-order valence-corrected chi connectivity index (χ2v) is 7.74. The fourth-order valence-corrected chi connectivity index (χ4v) is 3.55. The first kappa shape index (κ1) is 20.6. The summed E-state index contributed by atoms with van der Waals surface area (Å²) >= 11 is 6.88. The van der Waals surface area contributed by atoms with Crippen molar-refractivity contribution in [2.24, 2.45) is 4.99 Å². The molecule has 2 rings (SSSR count). The van der Waals surface area contributed by atoms with Gasteiger partial charge < -0.3 is 9.64 Å². The number of nitrogens with zero attached hydrogens (tertiary/aromatic N) is 2. The number of ether oxygens (including phenoxy) is 1. The number of Topliss-reactive ketones (excluding diaryl/α,β-unsaturated/α-hetero) is 1. The minimum absolute atomic E-state index is 0.0251. The van der Waals surface area contributed by atoms with E-state index in [1.807, 2.05) is 56.1 Å². The van der Waals surface area contributed by atoms with E-state index in [4.69, 9.17) is 4.74 Å². The number of aliphatic imine (C=N–C) groups is 1. The van der Waals surface area contributed by atoms with Gasteiger partial charge in [-0.2, -0.15) is 0 Å². The van der Waals surface area contributed by atoms with Crippen molar-refractivity contribution in [2.75, 3.05) is 20.2 Å². The number of carbonyl (C=O) groups is 1. The van der Waals surface area contributed by atoms with Crippen LogP contribution in [-0.2, 0) is 0 Å². The summed E-state index contributed by atoms with van der Waals surface area (Å²) in [4.78, 5) is 19.1. The van der Waals surface area contributed by atoms with E-state index < -0.39 is 0 Å². The van der Waals surface area contributed by atoms with E-state index in [1.165, 1.54) is 0 Å². The zero-order chi connectivity index (χ0) is 19.3. The number of benzene rings is 2. The molecule has 0 aliphatic heterocycles. The van der Waals surface area contributed by atoms with Crippen LogP contribution in [0, 0.1) is 13.8 Å². The lowest BCUT2D eigenvalue weighted by Crippen LogP contribution is -2.15. The molecule has 138 valence electrons. The van der Waals surface area contributed by atoms with Gasteiger partial charge in [0.2, 0.25) is 0 Å². The van der Waals surface area contributed by atoms with Crippen LogP contribution in [0.3, 0.4) is 0 Å². The molecule has 0 fully saturated rings. The third kappa shape index (κ3) is 5.17. The molecule has 0 spiro atoms. The summed E-state index contributed by atoms with van der Waals surface area (Å²) in [5, 5.41) is 0. The molecule has 0 aliphatic carbocycles. The zero-order valence-electron chi connectivity index (χ0n) is 15.3. The topological polar surface area (TPSA) is 41.9 Å². The van der Waals surface area contributed by atoms with E-state index >= 15 is 0 Å². The van der Waals surface area contributed by atoms with Gasteiger partial charge in [-0.3, -0.25) is 4.79 Å². The Morgan fingerprint density at radius 1 is 1.19 bits per heavy atom. The molecule has 2 aromatic carbocycles. The van der Waals surface area contributed by atoms with Crippen LogP contribution < -0.4 is 4.74 Å². The summed E-state index contributed by atoms with van der Waals surface area (Å²) < 4.78 is 7.33.